The number of rotatable bonds is 4. The van der Waals surface area contributed by atoms with Crippen molar-refractivity contribution in [3.8, 4) is 11.6 Å². The van der Waals surface area contributed by atoms with Crippen LogP contribution >= 0.6 is 0 Å². The van der Waals surface area contributed by atoms with E-state index in [1.54, 1.807) is 0 Å². The van der Waals surface area contributed by atoms with Gasteiger partial charge in [0.05, 0.1) is 13.5 Å². The fourth-order valence-corrected chi connectivity index (χ4v) is 1.36. The lowest BCUT2D eigenvalue weighted by molar-refractivity contribution is -0.276. The van der Waals surface area contributed by atoms with Gasteiger partial charge in [0.2, 0.25) is 0 Å². The molecule has 0 unspecified atom stereocenters. The van der Waals surface area contributed by atoms with Crippen molar-refractivity contribution in [3.63, 3.8) is 0 Å². The smallest absolute Gasteiger partial charge is 0.491 e. The summed E-state index contributed by atoms with van der Waals surface area (Å²) in [5, 5.41) is 8.63. The number of carboxylic acid groups (broad SMARTS) is 1. The highest BCUT2D eigenvalue weighted by molar-refractivity contribution is 5.71. The number of nitrogens with zero attached hydrogens (tertiary/aromatic N) is 1. The Bertz CT molecular complexity index is 459. The van der Waals surface area contributed by atoms with Gasteiger partial charge in [0.1, 0.15) is 0 Å². The average Bonchev–Trinajstić information content (AvgIpc) is 2.20. The molecular weight excluding hydrogens is 255 g/mol. The molecule has 0 saturated carbocycles. The number of hydrogen-bond donors (Lipinski definition) is 1. The Kier molecular flexibility index (Phi) is 4.00. The first kappa shape index (κ1) is 14.1. The molecule has 0 atom stereocenters. The third-order valence-corrected chi connectivity index (χ3v) is 2.11. The molecule has 0 amide bonds. The Morgan fingerprint density at radius 1 is 1.50 bits per heavy atom. The van der Waals surface area contributed by atoms with E-state index < -0.39 is 18.2 Å². The molecular formula is C10H10F3NO4. The molecule has 100 valence electrons. The minimum Gasteiger partial charge on any atom is -0.491 e. The number of pyridine rings is 1. The average molecular weight is 265 g/mol. The Balaban J connectivity index is 3.16. The Morgan fingerprint density at radius 3 is 2.56 bits per heavy atom. The maximum atomic E-state index is 12.1. The molecule has 1 aromatic heterocycles. The zero-order valence-corrected chi connectivity index (χ0v) is 9.54. The van der Waals surface area contributed by atoms with E-state index in [-0.39, 0.29) is 23.3 Å². The van der Waals surface area contributed by atoms with Crippen LogP contribution in [-0.4, -0.2) is 29.5 Å². The molecule has 1 rings (SSSR count). The van der Waals surface area contributed by atoms with Crippen molar-refractivity contribution in [1.29, 1.82) is 0 Å². The van der Waals surface area contributed by atoms with Gasteiger partial charge in [0, 0.05) is 11.8 Å². The summed E-state index contributed by atoms with van der Waals surface area (Å²) in [7, 11) is 1.15. The molecule has 1 heterocycles. The lowest BCUT2D eigenvalue weighted by Gasteiger charge is -2.14. The molecule has 0 aromatic carbocycles. The Morgan fingerprint density at radius 2 is 2.11 bits per heavy atom. The molecule has 18 heavy (non-hydrogen) atoms. The van der Waals surface area contributed by atoms with Gasteiger partial charge in [-0.2, -0.15) is 0 Å². The summed E-state index contributed by atoms with van der Waals surface area (Å²) in [5.74, 6) is -2.09. The van der Waals surface area contributed by atoms with E-state index in [2.05, 4.69) is 9.72 Å². The van der Waals surface area contributed by atoms with Gasteiger partial charge in [-0.1, -0.05) is 0 Å². The highest BCUT2D eigenvalue weighted by Crippen LogP contribution is 2.34. The van der Waals surface area contributed by atoms with E-state index >= 15 is 0 Å². The second kappa shape index (κ2) is 5.11. The molecule has 0 spiro atoms. The molecule has 1 N–H and O–H groups in total. The quantitative estimate of drug-likeness (QED) is 0.900. The van der Waals surface area contributed by atoms with Crippen LogP contribution in [0.1, 0.15) is 11.1 Å². The maximum absolute atomic E-state index is 12.1. The molecule has 1 aromatic rings. The summed E-state index contributed by atoms with van der Waals surface area (Å²) in [6, 6.07) is 0. The molecule has 0 radical (unpaired) electrons. The number of carboxylic acids is 1. The number of aliphatic carboxylic acids is 1. The number of ether oxygens (including phenoxy) is 2. The van der Waals surface area contributed by atoms with E-state index in [1.165, 1.54) is 6.92 Å². The van der Waals surface area contributed by atoms with Gasteiger partial charge in [-0.25, -0.2) is 4.98 Å². The summed E-state index contributed by atoms with van der Waals surface area (Å²) in [5.41, 5.74) is 0.503. The molecule has 0 fully saturated rings. The first-order valence-electron chi connectivity index (χ1n) is 4.74. The number of hydrogen-bond acceptors (Lipinski definition) is 4. The molecule has 0 aliphatic heterocycles. The number of aromatic nitrogens is 1. The number of alkyl halides is 3. The standard InChI is InChI=1S/C10H10F3NO4/c1-5-6(3-7(15)16)4-14-9(8(5)17-2)18-10(11,12)13/h4H,3H2,1-2H3,(H,15,16). The van der Waals surface area contributed by atoms with Gasteiger partial charge in [0.15, 0.2) is 5.75 Å². The second-order valence-electron chi connectivity index (χ2n) is 3.37. The van der Waals surface area contributed by atoms with E-state index in [4.69, 9.17) is 9.84 Å². The third kappa shape index (κ3) is 3.51. The summed E-state index contributed by atoms with van der Waals surface area (Å²) in [6.45, 7) is 1.43. The van der Waals surface area contributed by atoms with Gasteiger partial charge in [-0.05, 0) is 12.5 Å². The van der Waals surface area contributed by atoms with Gasteiger partial charge in [-0.15, -0.1) is 13.2 Å². The summed E-state index contributed by atoms with van der Waals surface area (Å²) < 4.78 is 44.7. The summed E-state index contributed by atoms with van der Waals surface area (Å²) in [6.07, 6.45) is -4.23. The molecule has 0 bridgehead atoms. The normalized spacial score (nSPS) is 11.2. The largest absolute Gasteiger partial charge is 0.574 e. The van der Waals surface area contributed by atoms with Crippen molar-refractivity contribution >= 4 is 5.97 Å². The molecule has 0 aliphatic rings. The van der Waals surface area contributed by atoms with Crippen LogP contribution in [0.4, 0.5) is 13.2 Å². The van der Waals surface area contributed by atoms with Crippen molar-refractivity contribution < 1.29 is 32.5 Å². The SMILES string of the molecule is COc1c(OC(F)(F)F)ncc(CC(=O)O)c1C. The Hall–Kier alpha value is -1.99. The van der Waals surface area contributed by atoms with Crippen molar-refractivity contribution in [2.75, 3.05) is 7.11 Å². The fraction of sp³-hybridized carbons (Fsp3) is 0.400. The van der Waals surface area contributed by atoms with Crippen LogP contribution in [0.3, 0.4) is 0 Å². The van der Waals surface area contributed by atoms with Crippen molar-refractivity contribution in [1.82, 2.24) is 4.98 Å². The van der Waals surface area contributed by atoms with Crippen LogP contribution in [0.2, 0.25) is 0 Å². The zero-order valence-electron chi connectivity index (χ0n) is 9.54. The predicted molar refractivity (Wildman–Crippen MR) is 53.5 cm³/mol. The number of halogens is 3. The molecule has 0 saturated heterocycles. The highest BCUT2D eigenvalue weighted by atomic mass is 19.4. The second-order valence-corrected chi connectivity index (χ2v) is 3.37. The monoisotopic (exact) mass is 265 g/mol. The van der Waals surface area contributed by atoms with E-state index in [0.717, 1.165) is 13.3 Å². The first-order valence-corrected chi connectivity index (χ1v) is 4.74. The van der Waals surface area contributed by atoms with Crippen LogP contribution in [0.5, 0.6) is 11.6 Å². The number of methoxy groups -OCH3 is 1. The lowest BCUT2D eigenvalue weighted by atomic mass is 10.1. The Labute approximate surface area is 100 Å². The van der Waals surface area contributed by atoms with Crippen molar-refractivity contribution in [2.45, 2.75) is 19.7 Å². The zero-order chi connectivity index (χ0) is 13.9. The van der Waals surface area contributed by atoms with Crippen molar-refractivity contribution in [2.24, 2.45) is 0 Å². The van der Waals surface area contributed by atoms with E-state index in [9.17, 15) is 18.0 Å². The molecule has 5 nitrogen and oxygen atoms in total. The minimum absolute atomic E-state index is 0.230. The summed E-state index contributed by atoms with van der Waals surface area (Å²) in [4.78, 5) is 14.0. The third-order valence-electron chi connectivity index (χ3n) is 2.11. The molecule has 0 aliphatic carbocycles. The van der Waals surface area contributed by atoms with Crippen LogP contribution in [0.25, 0.3) is 0 Å². The van der Waals surface area contributed by atoms with Gasteiger partial charge in [-0.3, -0.25) is 4.79 Å². The van der Waals surface area contributed by atoms with Crippen LogP contribution < -0.4 is 9.47 Å². The van der Waals surface area contributed by atoms with Gasteiger partial charge >= 0.3 is 12.3 Å². The van der Waals surface area contributed by atoms with Gasteiger partial charge < -0.3 is 14.6 Å². The van der Waals surface area contributed by atoms with Crippen LogP contribution in [0.15, 0.2) is 6.20 Å². The first-order chi connectivity index (χ1) is 8.24. The van der Waals surface area contributed by atoms with E-state index in [1.807, 2.05) is 0 Å². The predicted octanol–water partition coefficient (Wildman–Crippen LogP) is 1.92. The van der Waals surface area contributed by atoms with Crippen molar-refractivity contribution in [3.05, 3.63) is 17.3 Å². The van der Waals surface area contributed by atoms with E-state index in [0.29, 0.717) is 0 Å². The maximum Gasteiger partial charge on any atom is 0.574 e. The van der Waals surface area contributed by atoms with Gasteiger partial charge in [0.25, 0.3) is 5.88 Å². The summed E-state index contributed by atoms with van der Waals surface area (Å²) >= 11 is 0. The fourth-order valence-electron chi connectivity index (χ4n) is 1.36. The highest BCUT2D eigenvalue weighted by Gasteiger charge is 2.34. The topological polar surface area (TPSA) is 68.7 Å². The molecule has 8 heteroatoms. The lowest BCUT2D eigenvalue weighted by Crippen LogP contribution is -2.19. The number of carbonyl (C=O) groups is 1. The van der Waals surface area contributed by atoms with Crippen LogP contribution in [-0.2, 0) is 11.2 Å². The van der Waals surface area contributed by atoms with Crippen LogP contribution in [0, 0.1) is 6.92 Å². The minimum atomic E-state index is -4.89.